The standard InChI is InChI=1S/C17H22N2O2/c1-2-3-12-21-16-6-4-15(5-7-16)17(20)19-10-8-14(13-18)9-11-19/h4-7,14H,2-3,8-12H2,1H3. The van der Waals surface area contributed by atoms with Crippen molar-refractivity contribution in [1.29, 1.82) is 5.26 Å². The fraction of sp³-hybridized carbons (Fsp3) is 0.529. The number of nitriles is 1. The van der Waals surface area contributed by atoms with Crippen molar-refractivity contribution < 1.29 is 9.53 Å². The molecule has 0 bridgehead atoms. The topological polar surface area (TPSA) is 53.3 Å². The molecule has 0 unspecified atom stereocenters. The van der Waals surface area contributed by atoms with Gasteiger partial charge in [0.15, 0.2) is 0 Å². The monoisotopic (exact) mass is 286 g/mol. The van der Waals surface area contributed by atoms with Gasteiger partial charge in [0.2, 0.25) is 0 Å². The number of carbonyl (C=O) groups excluding carboxylic acids is 1. The second-order valence-corrected chi connectivity index (χ2v) is 5.42. The summed E-state index contributed by atoms with van der Waals surface area (Å²) in [5, 5.41) is 8.88. The zero-order valence-corrected chi connectivity index (χ0v) is 12.5. The smallest absolute Gasteiger partial charge is 0.253 e. The minimum Gasteiger partial charge on any atom is -0.494 e. The van der Waals surface area contributed by atoms with Gasteiger partial charge in [0.25, 0.3) is 5.91 Å². The van der Waals surface area contributed by atoms with Gasteiger partial charge in [-0.25, -0.2) is 0 Å². The van der Waals surface area contributed by atoms with Crippen molar-refractivity contribution in [2.24, 2.45) is 5.92 Å². The third kappa shape index (κ3) is 4.22. The number of nitrogens with zero attached hydrogens (tertiary/aromatic N) is 2. The fourth-order valence-corrected chi connectivity index (χ4v) is 2.42. The molecule has 1 fully saturated rings. The van der Waals surface area contributed by atoms with Crippen LogP contribution in [0.25, 0.3) is 0 Å². The van der Waals surface area contributed by atoms with E-state index in [1.54, 1.807) is 0 Å². The second kappa shape index (κ2) is 7.68. The Kier molecular flexibility index (Phi) is 5.62. The van der Waals surface area contributed by atoms with Crippen molar-refractivity contribution in [3.63, 3.8) is 0 Å². The van der Waals surface area contributed by atoms with E-state index in [-0.39, 0.29) is 11.8 Å². The van der Waals surface area contributed by atoms with Gasteiger partial charge >= 0.3 is 0 Å². The van der Waals surface area contributed by atoms with Gasteiger partial charge in [-0.15, -0.1) is 0 Å². The molecule has 1 aliphatic rings. The van der Waals surface area contributed by atoms with Gasteiger partial charge in [-0.3, -0.25) is 4.79 Å². The Hall–Kier alpha value is -2.02. The van der Waals surface area contributed by atoms with Crippen molar-refractivity contribution in [3.05, 3.63) is 29.8 Å². The summed E-state index contributed by atoms with van der Waals surface area (Å²) in [6.45, 7) is 4.18. The molecule has 0 saturated carbocycles. The predicted molar refractivity (Wildman–Crippen MR) is 81.1 cm³/mol. The molecular weight excluding hydrogens is 264 g/mol. The highest BCUT2D eigenvalue weighted by Crippen LogP contribution is 2.19. The molecule has 112 valence electrons. The van der Waals surface area contributed by atoms with Crippen LogP contribution in [0.5, 0.6) is 5.75 Å². The Morgan fingerprint density at radius 2 is 2.00 bits per heavy atom. The molecular formula is C17H22N2O2. The quantitative estimate of drug-likeness (QED) is 0.781. The number of benzene rings is 1. The molecule has 0 spiro atoms. The molecule has 1 aliphatic heterocycles. The SMILES string of the molecule is CCCCOc1ccc(C(=O)N2CCC(C#N)CC2)cc1. The van der Waals surface area contributed by atoms with E-state index in [9.17, 15) is 4.79 Å². The highest BCUT2D eigenvalue weighted by atomic mass is 16.5. The maximum Gasteiger partial charge on any atom is 0.253 e. The summed E-state index contributed by atoms with van der Waals surface area (Å²) in [4.78, 5) is 14.2. The number of hydrogen-bond donors (Lipinski definition) is 0. The predicted octanol–water partition coefficient (Wildman–Crippen LogP) is 3.24. The van der Waals surface area contributed by atoms with Crippen molar-refractivity contribution >= 4 is 5.91 Å². The van der Waals surface area contributed by atoms with Crippen LogP contribution < -0.4 is 4.74 Å². The number of rotatable bonds is 5. The molecule has 0 aromatic heterocycles. The van der Waals surface area contributed by atoms with Crippen LogP contribution in [-0.2, 0) is 0 Å². The molecule has 1 aromatic rings. The summed E-state index contributed by atoms with van der Waals surface area (Å²) >= 11 is 0. The minimum atomic E-state index is 0.0477. The first-order chi connectivity index (χ1) is 10.2. The first-order valence-corrected chi connectivity index (χ1v) is 7.66. The van der Waals surface area contributed by atoms with E-state index in [4.69, 9.17) is 10.00 Å². The highest BCUT2D eigenvalue weighted by Gasteiger charge is 2.23. The number of amides is 1. The fourth-order valence-electron chi connectivity index (χ4n) is 2.42. The maximum atomic E-state index is 12.4. The summed E-state index contributed by atoms with van der Waals surface area (Å²) in [6.07, 6.45) is 3.70. The molecule has 1 aromatic carbocycles. The number of ether oxygens (including phenoxy) is 1. The summed E-state index contributed by atoms with van der Waals surface area (Å²) in [5.41, 5.74) is 0.688. The van der Waals surface area contributed by atoms with Crippen LogP contribution in [0.3, 0.4) is 0 Å². The number of unbranched alkanes of at least 4 members (excludes halogenated alkanes) is 1. The molecule has 0 N–H and O–H groups in total. The molecule has 1 amide bonds. The molecule has 0 aliphatic carbocycles. The molecule has 4 nitrogen and oxygen atoms in total. The van der Waals surface area contributed by atoms with Crippen molar-refractivity contribution in [1.82, 2.24) is 4.90 Å². The van der Waals surface area contributed by atoms with Gasteiger partial charge in [0, 0.05) is 24.6 Å². The summed E-state index contributed by atoms with van der Waals surface area (Å²) in [7, 11) is 0. The minimum absolute atomic E-state index is 0.0477. The third-order valence-corrected chi connectivity index (χ3v) is 3.83. The average Bonchev–Trinajstić information content (AvgIpc) is 2.55. The van der Waals surface area contributed by atoms with Crippen molar-refractivity contribution in [2.75, 3.05) is 19.7 Å². The Balaban J connectivity index is 1.90. The molecule has 1 heterocycles. The molecule has 21 heavy (non-hydrogen) atoms. The van der Waals surface area contributed by atoms with Gasteiger partial charge < -0.3 is 9.64 Å². The van der Waals surface area contributed by atoms with E-state index in [2.05, 4.69) is 13.0 Å². The van der Waals surface area contributed by atoms with Crippen LogP contribution in [0.1, 0.15) is 43.0 Å². The van der Waals surface area contributed by atoms with Crippen LogP contribution in [0, 0.1) is 17.2 Å². The number of likely N-dealkylation sites (tertiary alicyclic amines) is 1. The number of piperidine rings is 1. The molecule has 4 heteroatoms. The Labute approximate surface area is 126 Å². The van der Waals surface area contributed by atoms with Crippen molar-refractivity contribution in [2.45, 2.75) is 32.6 Å². The summed E-state index contributed by atoms with van der Waals surface area (Å²) in [6, 6.07) is 9.62. The van der Waals surface area contributed by atoms with E-state index in [0.29, 0.717) is 25.3 Å². The second-order valence-electron chi connectivity index (χ2n) is 5.42. The number of carbonyl (C=O) groups is 1. The maximum absolute atomic E-state index is 12.4. The largest absolute Gasteiger partial charge is 0.494 e. The van der Waals surface area contributed by atoms with E-state index in [1.165, 1.54) is 0 Å². The number of hydrogen-bond acceptors (Lipinski definition) is 3. The first-order valence-electron chi connectivity index (χ1n) is 7.66. The molecule has 0 radical (unpaired) electrons. The first kappa shape index (κ1) is 15.4. The zero-order chi connectivity index (χ0) is 15.1. The van der Waals surface area contributed by atoms with Crippen LogP contribution in [0.15, 0.2) is 24.3 Å². The molecule has 0 atom stereocenters. The van der Waals surface area contributed by atoms with Gasteiger partial charge in [-0.05, 0) is 43.5 Å². The van der Waals surface area contributed by atoms with Crippen LogP contribution in [-0.4, -0.2) is 30.5 Å². The Morgan fingerprint density at radius 1 is 1.33 bits per heavy atom. The van der Waals surface area contributed by atoms with Gasteiger partial charge in [-0.1, -0.05) is 13.3 Å². The summed E-state index contributed by atoms with van der Waals surface area (Å²) < 4.78 is 5.59. The Morgan fingerprint density at radius 3 is 2.57 bits per heavy atom. The average molecular weight is 286 g/mol. The van der Waals surface area contributed by atoms with E-state index < -0.39 is 0 Å². The lowest BCUT2D eigenvalue weighted by atomic mass is 9.98. The van der Waals surface area contributed by atoms with Crippen molar-refractivity contribution in [3.8, 4) is 11.8 Å². The molecule has 2 rings (SSSR count). The van der Waals surface area contributed by atoms with Crippen LogP contribution >= 0.6 is 0 Å². The van der Waals surface area contributed by atoms with Gasteiger partial charge in [0.1, 0.15) is 5.75 Å². The lowest BCUT2D eigenvalue weighted by Gasteiger charge is -2.29. The lowest BCUT2D eigenvalue weighted by molar-refractivity contribution is 0.0707. The third-order valence-electron chi connectivity index (χ3n) is 3.83. The van der Waals surface area contributed by atoms with E-state index in [1.807, 2.05) is 29.2 Å². The van der Waals surface area contributed by atoms with E-state index in [0.717, 1.165) is 31.4 Å². The molecule has 1 saturated heterocycles. The van der Waals surface area contributed by atoms with Crippen LogP contribution in [0.4, 0.5) is 0 Å². The Bertz CT molecular complexity index is 497. The van der Waals surface area contributed by atoms with E-state index >= 15 is 0 Å². The highest BCUT2D eigenvalue weighted by molar-refractivity contribution is 5.94. The van der Waals surface area contributed by atoms with Gasteiger partial charge in [-0.2, -0.15) is 5.26 Å². The van der Waals surface area contributed by atoms with Gasteiger partial charge in [0.05, 0.1) is 12.7 Å². The summed E-state index contributed by atoms with van der Waals surface area (Å²) in [5.74, 6) is 0.957. The van der Waals surface area contributed by atoms with Crippen LogP contribution in [0.2, 0.25) is 0 Å². The lowest BCUT2D eigenvalue weighted by Crippen LogP contribution is -2.38. The zero-order valence-electron chi connectivity index (χ0n) is 12.5. The normalized spacial score (nSPS) is 15.5.